The van der Waals surface area contributed by atoms with Crippen LogP contribution in [0.15, 0.2) is 0 Å². The first-order chi connectivity index (χ1) is 4.30. The van der Waals surface area contributed by atoms with Crippen molar-refractivity contribution in [3.63, 3.8) is 0 Å². The average molecular weight is 233 g/mol. The maximum Gasteiger partial charge on any atom is 0.139 e. The number of hydrogen-bond acceptors (Lipinski definition) is 1. The highest BCUT2D eigenvalue weighted by Crippen LogP contribution is 2.07. The molecule has 1 aliphatic heterocycles. The fraction of sp³-hybridized carbons (Fsp3) is 1.00. The normalized spacial score (nSPS) is 37.0. The topological polar surface area (TPSA) is 9.23 Å². The molecular weight excluding hydrogens is 223 g/mol. The van der Waals surface area contributed by atoms with Crippen molar-refractivity contribution < 1.29 is 4.43 Å². The third-order valence-electron chi connectivity index (χ3n) is 1.55. The Morgan fingerprint density at radius 3 is 2.67 bits per heavy atom. The van der Waals surface area contributed by atoms with Gasteiger partial charge in [-0.25, -0.2) is 0 Å². The molecule has 0 aromatic carbocycles. The SMILES string of the molecule is ClC(Cl)[SiH]1CO[SiH2][SiH2][SiH2]1. The van der Waals surface area contributed by atoms with Crippen LogP contribution in [0.25, 0.3) is 0 Å². The zero-order valence-corrected chi connectivity index (χ0v) is 12.1. The third-order valence-corrected chi connectivity index (χ3v) is 40.6. The van der Waals surface area contributed by atoms with Crippen LogP contribution in [0.4, 0.5) is 0 Å². The minimum Gasteiger partial charge on any atom is -0.432 e. The van der Waals surface area contributed by atoms with E-state index in [0.29, 0.717) is 17.1 Å². The van der Waals surface area contributed by atoms with Gasteiger partial charge in [0.05, 0.1) is 12.8 Å². The van der Waals surface area contributed by atoms with E-state index in [4.69, 9.17) is 27.6 Å². The van der Waals surface area contributed by atoms with Crippen molar-refractivity contribution >= 4 is 57.9 Å². The predicted octanol–water partition coefficient (Wildman–Crippen LogP) is -2.13. The van der Waals surface area contributed by atoms with Crippen molar-refractivity contribution in [1.29, 1.82) is 0 Å². The molecule has 0 spiro atoms. The van der Waals surface area contributed by atoms with E-state index >= 15 is 0 Å². The van der Waals surface area contributed by atoms with Crippen molar-refractivity contribution in [3.05, 3.63) is 0 Å². The molecular formula is C2H10Cl2OSi4. The number of hydrogen-bond donors (Lipinski definition) is 0. The molecule has 1 atom stereocenters. The molecule has 1 saturated heterocycles. The fourth-order valence-corrected chi connectivity index (χ4v) is 49.0. The van der Waals surface area contributed by atoms with E-state index in [9.17, 15) is 0 Å². The minimum atomic E-state index is -0.655. The van der Waals surface area contributed by atoms with Crippen molar-refractivity contribution in [2.24, 2.45) is 0 Å². The molecule has 0 aromatic heterocycles. The van der Waals surface area contributed by atoms with Gasteiger partial charge >= 0.3 is 0 Å². The molecule has 0 aliphatic carbocycles. The summed E-state index contributed by atoms with van der Waals surface area (Å²) in [6.07, 6.45) is 1.03. The molecule has 1 unspecified atom stereocenters. The summed E-state index contributed by atoms with van der Waals surface area (Å²) in [5, 5.41) is 0. The van der Waals surface area contributed by atoms with Gasteiger partial charge in [-0.3, -0.25) is 0 Å². The Labute approximate surface area is 73.0 Å². The van der Waals surface area contributed by atoms with Crippen LogP contribution in [-0.4, -0.2) is 45.4 Å². The van der Waals surface area contributed by atoms with Gasteiger partial charge in [0.1, 0.15) is 9.28 Å². The maximum absolute atomic E-state index is 5.78. The third kappa shape index (κ3) is 2.87. The van der Waals surface area contributed by atoms with Crippen LogP contribution in [-0.2, 0) is 4.43 Å². The van der Waals surface area contributed by atoms with Gasteiger partial charge in [-0.05, 0) is 0 Å². The second kappa shape index (κ2) is 4.32. The standard InChI is InChI=1S/C2H10Cl2OSi4/c3-2(4)9-1-5-6-7-8-9/h2,9H,1,6-8H2. The Kier molecular flexibility index (Phi) is 4.08. The van der Waals surface area contributed by atoms with E-state index in [0.717, 1.165) is 6.23 Å². The Morgan fingerprint density at radius 2 is 2.33 bits per heavy atom. The van der Waals surface area contributed by atoms with Crippen LogP contribution < -0.4 is 0 Å². The van der Waals surface area contributed by atoms with Crippen molar-refractivity contribution in [2.75, 3.05) is 6.23 Å². The van der Waals surface area contributed by atoms with Gasteiger partial charge in [0.15, 0.2) is 0 Å². The molecule has 7 heteroatoms. The van der Waals surface area contributed by atoms with E-state index in [1.165, 1.54) is 0 Å². The summed E-state index contributed by atoms with van der Waals surface area (Å²) in [5.74, 6) is 0. The predicted molar refractivity (Wildman–Crippen MR) is 54.2 cm³/mol. The van der Waals surface area contributed by atoms with Crippen molar-refractivity contribution in [3.8, 4) is 0 Å². The molecule has 0 saturated carbocycles. The molecule has 9 heavy (non-hydrogen) atoms. The molecule has 0 N–H and O–H groups in total. The van der Waals surface area contributed by atoms with Gasteiger partial charge in [0.2, 0.25) is 0 Å². The van der Waals surface area contributed by atoms with Crippen molar-refractivity contribution in [1.82, 2.24) is 0 Å². The first-order valence-corrected chi connectivity index (χ1v) is 17.4. The van der Waals surface area contributed by atoms with Gasteiger partial charge < -0.3 is 4.43 Å². The van der Waals surface area contributed by atoms with Crippen molar-refractivity contribution in [2.45, 2.75) is 4.46 Å². The highest BCUT2D eigenvalue weighted by Gasteiger charge is 2.22. The first kappa shape index (κ1) is 8.50. The summed E-state index contributed by atoms with van der Waals surface area (Å²) < 4.78 is 5.48. The first-order valence-electron chi connectivity index (χ1n) is 3.16. The van der Waals surface area contributed by atoms with E-state index in [2.05, 4.69) is 0 Å². The lowest BCUT2D eigenvalue weighted by Crippen LogP contribution is -2.46. The molecule has 0 amide bonds. The lowest BCUT2D eigenvalue weighted by atomic mass is 11.7. The van der Waals surface area contributed by atoms with Crippen LogP contribution in [0.2, 0.25) is 0 Å². The van der Waals surface area contributed by atoms with Gasteiger partial charge in [-0.1, -0.05) is 0 Å². The molecule has 1 rings (SSSR count). The fourth-order valence-electron chi connectivity index (χ4n) is 0.964. The van der Waals surface area contributed by atoms with Gasteiger partial charge in [-0.15, -0.1) is 23.2 Å². The monoisotopic (exact) mass is 232 g/mol. The van der Waals surface area contributed by atoms with Gasteiger partial charge in [0, 0.05) is 23.3 Å². The van der Waals surface area contributed by atoms with E-state index in [1.807, 2.05) is 0 Å². The zero-order chi connectivity index (χ0) is 6.69. The van der Waals surface area contributed by atoms with Crippen LogP contribution >= 0.6 is 23.2 Å². The van der Waals surface area contributed by atoms with Crippen LogP contribution in [0.3, 0.4) is 0 Å². The molecule has 1 heterocycles. The maximum atomic E-state index is 5.78. The van der Waals surface area contributed by atoms with Crippen LogP contribution in [0.5, 0.6) is 0 Å². The lowest BCUT2D eigenvalue weighted by molar-refractivity contribution is 0.418. The summed E-state index contributed by atoms with van der Waals surface area (Å²) in [6.45, 7) is 0. The molecule has 0 bridgehead atoms. The molecule has 0 aromatic rings. The second-order valence-corrected chi connectivity index (χ2v) is 28.7. The van der Waals surface area contributed by atoms with E-state index in [-0.39, 0.29) is 13.7 Å². The smallest absolute Gasteiger partial charge is 0.139 e. The Morgan fingerprint density at radius 1 is 1.56 bits per heavy atom. The Hall–Kier alpha value is 1.41. The van der Waals surface area contributed by atoms with E-state index in [1.54, 1.807) is 0 Å². The van der Waals surface area contributed by atoms with E-state index < -0.39 is 8.31 Å². The summed E-state index contributed by atoms with van der Waals surface area (Å²) >= 11 is 11.6. The number of halogens is 2. The van der Waals surface area contributed by atoms with Crippen LogP contribution in [0, 0.1) is 0 Å². The van der Waals surface area contributed by atoms with Crippen LogP contribution in [0.1, 0.15) is 0 Å². The largest absolute Gasteiger partial charge is 0.432 e. The molecule has 1 aliphatic rings. The molecule has 0 radical (unpaired) electrons. The summed E-state index contributed by atoms with van der Waals surface area (Å²) in [6, 6.07) is 0. The average Bonchev–Trinajstić information content (AvgIpc) is 1.90. The minimum absolute atomic E-state index is 0.0125. The van der Waals surface area contributed by atoms with Gasteiger partial charge in [-0.2, -0.15) is 0 Å². The Balaban J connectivity index is 2.23. The quantitative estimate of drug-likeness (QED) is 0.371. The highest BCUT2D eigenvalue weighted by molar-refractivity contribution is 7.50. The lowest BCUT2D eigenvalue weighted by Gasteiger charge is -2.19. The summed E-state index contributed by atoms with van der Waals surface area (Å²) in [7, 11) is 0.0996. The molecule has 1 fully saturated rings. The molecule has 54 valence electrons. The second-order valence-electron chi connectivity index (χ2n) is 2.31. The Bertz CT molecular complexity index is 84.6. The highest BCUT2D eigenvalue weighted by atomic mass is 35.5. The zero-order valence-electron chi connectivity index (χ0n) is 5.15. The van der Waals surface area contributed by atoms with Gasteiger partial charge in [0.25, 0.3) is 0 Å². The molecule has 1 nitrogen and oxygen atoms in total. The summed E-state index contributed by atoms with van der Waals surface area (Å²) in [5.41, 5.74) is 0. The summed E-state index contributed by atoms with van der Waals surface area (Å²) in [4.78, 5) is 0. The number of rotatable bonds is 1. The number of alkyl halides is 2.